The molecule has 4 rings (SSSR count). The number of fused-ring (bicyclic) bond motifs is 4. The lowest BCUT2D eigenvalue weighted by atomic mass is 9.65. The van der Waals surface area contributed by atoms with E-state index in [1.165, 1.54) is 6.42 Å². The summed E-state index contributed by atoms with van der Waals surface area (Å²) >= 11 is 0. The van der Waals surface area contributed by atoms with Crippen LogP contribution in [-0.4, -0.2) is 23.5 Å². The van der Waals surface area contributed by atoms with Crippen molar-refractivity contribution in [3.63, 3.8) is 0 Å². The molecule has 1 heterocycles. The van der Waals surface area contributed by atoms with Gasteiger partial charge >= 0.3 is 5.97 Å². The lowest BCUT2D eigenvalue weighted by molar-refractivity contribution is -0.169. The molecule has 1 saturated heterocycles. The molecule has 4 nitrogen and oxygen atoms in total. The third-order valence-corrected chi connectivity index (χ3v) is 10.3. The van der Waals surface area contributed by atoms with Crippen LogP contribution in [0.15, 0.2) is 0 Å². The molecule has 0 radical (unpaired) electrons. The Morgan fingerprint density at radius 3 is 2.00 bits per heavy atom. The number of ether oxygens (including phenoxy) is 1. The molecule has 4 bridgehead atoms. The van der Waals surface area contributed by atoms with Crippen LogP contribution in [0, 0.1) is 27.1 Å². The van der Waals surface area contributed by atoms with Crippen molar-refractivity contribution >= 4 is 11.9 Å². The first-order valence-corrected chi connectivity index (χ1v) is 9.82. The van der Waals surface area contributed by atoms with E-state index in [-0.39, 0.29) is 34.2 Å². The molecule has 4 aliphatic rings. The van der Waals surface area contributed by atoms with Gasteiger partial charge < -0.3 is 10.1 Å². The first-order chi connectivity index (χ1) is 11.3. The minimum Gasteiger partial charge on any atom is -0.448 e. The summed E-state index contributed by atoms with van der Waals surface area (Å²) in [4.78, 5) is 25.9. The van der Waals surface area contributed by atoms with Gasteiger partial charge in [0.1, 0.15) is 0 Å². The Morgan fingerprint density at radius 2 is 1.60 bits per heavy atom. The predicted molar refractivity (Wildman–Crippen MR) is 95.7 cm³/mol. The van der Waals surface area contributed by atoms with E-state index < -0.39 is 16.4 Å². The highest BCUT2D eigenvalue weighted by molar-refractivity contribution is 5.96. The monoisotopic (exact) mass is 347 g/mol. The maximum Gasteiger partial charge on any atom is 0.313 e. The van der Waals surface area contributed by atoms with Crippen LogP contribution in [0.5, 0.6) is 0 Å². The van der Waals surface area contributed by atoms with Crippen LogP contribution in [0.4, 0.5) is 0 Å². The average molecular weight is 347 g/mol. The molecule has 0 aromatic carbocycles. The van der Waals surface area contributed by atoms with Crippen molar-refractivity contribution in [2.45, 2.75) is 92.2 Å². The van der Waals surface area contributed by atoms with Gasteiger partial charge in [-0.1, -0.05) is 41.5 Å². The van der Waals surface area contributed by atoms with Gasteiger partial charge in [-0.3, -0.25) is 9.59 Å². The van der Waals surface area contributed by atoms with Crippen LogP contribution in [-0.2, 0) is 14.3 Å². The molecule has 3 saturated carbocycles. The molecular weight excluding hydrogens is 314 g/mol. The fraction of sp³-hybridized carbons (Fsp3) is 0.905. The van der Waals surface area contributed by atoms with Gasteiger partial charge in [-0.05, 0) is 55.3 Å². The van der Waals surface area contributed by atoms with Gasteiger partial charge in [-0.2, -0.15) is 0 Å². The second-order valence-corrected chi connectivity index (χ2v) is 11.0. The maximum absolute atomic E-state index is 13.4. The Labute approximate surface area is 151 Å². The zero-order chi connectivity index (χ0) is 18.7. The van der Waals surface area contributed by atoms with Gasteiger partial charge in [0, 0.05) is 11.5 Å². The molecule has 0 aromatic rings. The number of hydrogen-bond donors (Lipinski definition) is 1. The van der Waals surface area contributed by atoms with Crippen molar-refractivity contribution in [2.24, 2.45) is 27.1 Å². The molecule has 0 aromatic heterocycles. The highest BCUT2D eigenvalue weighted by Gasteiger charge is 2.76. The molecule has 4 fully saturated rings. The van der Waals surface area contributed by atoms with E-state index in [1.54, 1.807) is 0 Å². The molecule has 3 aliphatic carbocycles. The standard InChI is InChI=1S/C21H33NO3/c1-16(2)18(5)8-9-19(16,6)13(12-18)22-14(23)21-11-10-20(7,15(24)25-21)17(21,3)4/h13H,8-12H2,1-7H3,(H,22,23)/t13-,18-,19-,20-,21-/m1/s1. The molecule has 25 heavy (non-hydrogen) atoms. The number of rotatable bonds is 2. The molecule has 4 heteroatoms. The van der Waals surface area contributed by atoms with E-state index in [4.69, 9.17) is 4.74 Å². The third kappa shape index (κ3) is 1.54. The molecule has 1 aliphatic heterocycles. The number of hydrogen-bond acceptors (Lipinski definition) is 3. The van der Waals surface area contributed by atoms with Gasteiger partial charge in [0.15, 0.2) is 5.60 Å². The van der Waals surface area contributed by atoms with E-state index in [9.17, 15) is 9.59 Å². The van der Waals surface area contributed by atoms with Crippen molar-refractivity contribution < 1.29 is 14.3 Å². The number of amides is 1. The van der Waals surface area contributed by atoms with Crippen LogP contribution < -0.4 is 5.32 Å². The summed E-state index contributed by atoms with van der Waals surface area (Å²) in [5.74, 6) is -0.268. The molecule has 5 atom stereocenters. The highest BCUT2D eigenvalue weighted by Crippen LogP contribution is 2.72. The summed E-state index contributed by atoms with van der Waals surface area (Å²) < 4.78 is 5.78. The highest BCUT2D eigenvalue weighted by atomic mass is 16.6. The quantitative estimate of drug-likeness (QED) is 0.772. The topological polar surface area (TPSA) is 55.4 Å². The fourth-order valence-corrected chi connectivity index (χ4v) is 6.73. The van der Waals surface area contributed by atoms with Gasteiger partial charge in [-0.25, -0.2) is 0 Å². The van der Waals surface area contributed by atoms with Crippen molar-refractivity contribution in [3.05, 3.63) is 0 Å². The van der Waals surface area contributed by atoms with Crippen LogP contribution >= 0.6 is 0 Å². The third-order valence-electron chi connectivity index (χ3n) is 10.3. The van der Waals surface area contributed by atoms with Crippen LogP contribution in [0.25, 0.3) is 0 Å². The SMILES string of the molecule is CC1(C)[C@]2(C)CC[C@]1(C(=O)N[C@@H]1C[C@@]3(C)CC[C@@]1(C)C3(C)C)OC2=O. The molecule has 0 unspecified atom stereocenters. The first kappa shape index (κ1) is 17.4. The number of esters is 1. The van der Waals surface area contributed by atoms with E-state index in [1.807, 2.05) is 20.8 Å². The zero-order valence-corrected chi connectivity index (χ0v) is 16.8. The summed E-state index contributed by atoms with van der Waals surface area (Å²) in [6.07, 6.45) is 4.77. The van der Waals surface area contributed by atoms with Crippen LogP contribution in [0.2, 0.25) is 0 Å². The smallest absolute Gasteiger partial charge is 0.313 e. The number of carbonyl (C=O) groups is 2. The molecule has 0 spiro atoms. The van der Waals surface area contributed by atoms with E-state index >= 15 is 0 Å². The Balaban J connectivity index is 1.64. The maximum atomic E-state index is 13.4. The second-order valence-electron chi connectivity index (χ2n) is 11.0. The summed E-state index contributed by atoms with van der Waals surface area (Å²) in [5.41, 5.74) is -1.46. The molecular formula is C21H33NO3. The summed E-state index contributed by atoms with van der Waals surface area (Å²) in [6, 6.07) is 0.157. The minimum absolute atomic E-state index is 0.0646. The lowest BCUT2D eigenvalue weighted by Crippen LogP contribution is -2.58. The Bertz CT molecular complexity index is 683. The molecule has 1 amide bonds. The Morgan fingerprint density at radius 1 is 0.960 bits per heavy atom. The van der Waals surface area contributed by atoms with Gasteiger partial charge in [0.05, 0.1) is 5.41 Å². The average Bonchev–Trinajstić information content (AvgIpc) is 2.94. The zero-order valence-electron chi connectivity index (χ0n) is 16.8. The minimum atomic E-state index is -0.998. The lowest BCUT2D eigenvalue weighted by Gasteiger charge is -2.42. The Kier molecular flexibility index (Phi) is 2.95. The predicted octanol–water partition coefficient (Wildman–Crippen LogP) is 3.83. The van der Waals surface area contributed by atoms with E-state index in [0.29, 0.717) is 6.42 Å². The number of nitrogens with one attached hydrogen (secondary N) is 1. The van der Waals surface area contributed by atoms with Crippen LogP contribution in [0.3, 0.4) is 0 Å². The normalized spacial score (nSPS) is 51.6. The fourth-order valence-electron chi connectivity index (χ4n) is 6.73. The van der Waals surface area contributed by atoms with Crippen molar-refractivity contribution in [2.75, 3.05) is 0 Å². The van der Waals surface area contributed by atoms with Gasteiger partial charge in [0.25, 0.3) is 5.91 Å². The second kappa shape index (κ2) is 4.26. The van der Waals surface area contributed by atoms with E-state index in [2.05, 4.69) is 33.0 Å². The number of carbonyl (C=O) groups excluding carboxylic acids is 2. The summed E-state index contributed by atoms with van der Waals surface area (Å²) in [6.45, 7) is 15.4. The first-order valence-electron chi connectivity index (χ1n) is 9.82. The van der Waals surface area contributed by atoms with Crippen LogP contribution in [0.1, 0.15) is 80.6 Å². The van der Waals surface area contributed by atoms with Crippen molar-refractivity contribution in [1.82, 2.24) is 5.32 Å². The van der Waals surface area contributed by atoms with Crippen molar-refractivity contribution in [3.8, 4) is 0 Å². The summed E-state index contributed by atoms with van der Waals surface area (Å²) in [7, 11) is 0. The summed E-state index contributed by atoms with van der Waals surface area (Å²) in [5, 5.41) is 3.37. The molecule has 140 valence electrons. The largest absolute Gasteiger partial charge is 0.448 e. The Hall–Kier alpha value is -1.06. The van der Waals surface area contributed by atoms with Crippen molar-refractivity contribution in [1.29, 1.82) is 0 Å². The van der Waals surface area contributed by atoms with Gasteiger partial charge in [0.2, 0.25) is 0 Å². The molecule has 1 N–H and O–H groups in total. The van der Waals surface area contributed by atoms with Gasteiger partial charge in [-0.15, -0.1) is 0 Å². The van der Waals surface area contributed by atoms with E-state index in [0.717, 1.165) is 19.3 Å².